The molecule has 9 nitrogen and oxygen atoms in total. The van der Waals surface area contributed by atoms with Crippen LogP contribution in [0.15, 0.2) is 18.2 Å². The number of rotatable bonds is 5. The Bertz CT molecular complexity index is 682. The SMILES string of the molecule is CC(O)OC(=O)c1cccc(C(=O)OS(=O)(=O)O)c1C(C)O.[NaH]. The summed E-state index contributed by atoms with van der Waals surface area (Å²) in [6, 6.07) is 3.51. The molecule has 11 heteroatoms. The van der Waals surface area contributed by atoms with E-state index in [1.54, 1.807) is 0 Å². The summed E-state index contributed by atoms with van der Waals surface area (Å²) in [7, 11) is -5.05. The fraction of sp³-hybridized carbons (Fsp3) is 0.333. The van der Waals surface area contributed by atoms with Crippen molar-refractivity contribution in [1.82, 2.24) is 0 Å². The number of esters is 1. The summed E-state index contributed by atoms with van der Waals surface area (Å²) in [4.78, 5) is 23.5. The first kappa shape index (κ1) is 22.0. The normalized spacial score (nSPS) is 13.4. The molecule has 0 aliphatic carbocycles. The number of aliphatic hydroxyl groups is 2. The van der Waals surface area contributed by atoms with E-state index in [0.717, 1.165) is 6.07 Å². The van der Waals surface area contributed by atoms with Crippen molar-refractivity contribution in [1.29, 1.82) is 0 Å². The van der Waals surface area contributed by atoms with Crippen LogP contribution in [0.1, 0.15) is 46.2 Å². The van der Waals surface area contributed by atoms with Gasteiger partial charge in [0.25, 0.3) is 0 Å². The zero-order chi connectivity index (χ0) is 17.1. The second-order valence-corrected chi connectivity index (χ2v) is 5.27. The number of hydrogen-bond acceptors (Lipinski definition) is 8. The minimum absolute atomic E-state index is 0. The molecular weight excluding hydrogens is 343 g/mol. The molecule has 0 spiro atoms. The van der Waals surface area contributed by atoms with Crippen molar-refractivity contribution in [2.45, 2.75) is 26.2 Å². The van der Waals surface area contributed by atoms with Crippen molar-refractivity contribution in [3.63, 3.8) is 0 Å². The third-order valence-corrected chi connectivity index (χ3v) is 2.78. The Morgan fingerprint density at radius 3 is 1.96 bits per heavy atom. The zero-order valence-corrected chi connectivity index (χ0v) is 12.4. The first-order chi connectivity index (χ1) is 10.0. The van der Waals surface area contributed by atoms with Gasteiger partial charge in [0.05, 0.1) is 17.2 Å². The van der Waals surface area contributed by atoms with E-state index in [9.17, 15) is 23.1 Å². The first-order valence-corrected chi connectivity index (χ1v) is 7.30. The van der Waals surface area contributed by atoms with Crippen molar-refractivity contribution in [3.8, 4) is 0 Å². The van der Waals surface area contributed by atoms with Crippen molar-refractivity contribution >= 4 is 51.9 Å². The van der Waals surface area contributed by atoms with Gasteiger partial charge < -0.3 is 19.1 Å². The molecule has 1 aromatic carbocycles. The van der Waals surface area contributed by atoms with Gasteiger partial charge in [-0.05, 0) is 26.0 Å². The van der Waals surface area contributed by atoms with Crippen LogP contribution >= 0.6 is 0 Å². The minimum atomic E-state index is -5.05. The maximum absolute atomic E-state index is 11.8. The van der Waals surface area contributed by atoms with Crippen LogP contribution in [0.5, 0.6) is 0 Å². The van der Waals surface area contributed by atoms with E-state index in [1.807, 2.05) is 0 Å². The average molecular weight is 358 g/mol. The van der Waals surface area contributed by atoms with Crippen molar-refractivity contribution in [3.05, 3.63) is 34.9 Å². The van der Waals surface area contributed by atoms with Gasteiger partial charge in [-0.2, -0.15) is 8.42 Å². The summed E-state index contributed by atoms with van der Waals surface area (Å²) in [5, 5.41) is 18.8. The Balaban J connectivity index is 0.00000484. The Morgan fingerprint density at radius 2 is 1.57 bits per heavy atom. The third kappa shape index (κ3) is 6.55. The van der Waals surface area contributed by atoms with Crippen molar-refractivity contribution in [2.75, 3.05) is 0 Å². The van der Waals surface area contributed by atoms with Crippen LogP contribution in [-0.2, 0) is 19.3 Å². The molecule has 0 fully saturated rings. The summed E-state index contributed by atoms with van der Waals surface area (Å²) in [5.74, 6) is -2.52. The monoisotopic (exact) mass is 358 g/mol. The fourth-order valence-corrected chi connectivity index (χ4v) is 2.01. The molecule has 1 aromatic rings. The second kappa shape index (κ2) is 8.73. The first-order valence-electron chi connectivity index (χ1n) is 5.94. The van der Waals surface area contributed by atoms with Crippen molar-refractivity contribution in [2.24, 2.45) is 0 Å². The van der Waals surface area contributed by atoms with Gasteiger partial charge in [-0.1, -0.05) is 6.07 Å². The molecule has 2 unspecified atom stereocenters. The summed E-state index contributed by atoms with van der Waals surface area (Å²) in [5.41, 5.74) is -0.977. The Labute approximate surface area is 154 Å². The molecule has 0 radical (unpaired) electrons. The molecule has 0 saturated heterocycles. The van der Waals surface area contributed by atoms with Crippen LogP contribution in [0.2, 0.25) is 0 Å². The standard InChI is InChI=1S/C12H14O9S.Na.H/c1-6(13)10-8(11(15)20-7(2)14)4-3-5-9(10)12(16)21-22(17,18)19;;/h3-7,13-14H,1-2H3,(H,17,18,19);;. The summed E-state index contributed by atoms with van der Waals surface area (Å²) < 4.78 is 38.0. The maximum atomic E-state index is 11.8. The molecular formula is C12H15NaO9S. The molecule has 0 heterocycles. The van der Waals surface area contributed by atoms with Gasteiger partial charge in [-0.3, -0.25) is 4.55 Å². The Morgan fingerprint density at radius 1 is 1.09 bits per heavy atom. The van der Waals surface area contributed by atoms with Crippen LogP contribution in [-0.4, -0.2) is 71.0 Å². The molecule has 0 aliphatic rings. The number of carbonyl (C=O) groups excluding carboxylic acids is 2. The van der Waals surface area contributed by atoms with Crippen LogP contribution in [0.25, 0.3) is 0 Å². The van der Waals surface area contributed by atoms with E-state index in [2.05, 4.69) is 8.92 Å². The van der Waals surface area contributed by atoms with E-state index < -0.39 is 40.3 Å². The molecule has 0 amide bonds. The predicted octanol–water partition coefficient (Wildman–Crippen LogP) is -0.454. The molecule has 0 saturated carbocycles. The molecule has 2 atom stereocenters. The van der Waals surface area contributed by atoms with Gasteiger partial charge in [0.1, 0.15) is 0 Å². The molecule has 0 aliphatic heterocycles. The number of carbonyl (C=O) groups is 2. The molecule has 0 aromatic heterocycles. The quantitative estimate of drug-likeness (QED) is 0.275. The molecule has 124 valence electrons. The Hall–Kier alpha value is -1.01. The van der Waals surface area contributed by atoms with Crippen LogP contribution in [0.3, 0.4) is 0 Å². The fourth-order valence-electron chi connectivity index (χ4n) is 1.73. The number of aliphatic hydroxyl groups excluding tert-OH is 2. The molecule has 0 bridgehead atoms. The van der Waals surface area contributed by atoms with Gasteiger partial charge in [0.2, 0.25) is 0 Å². The van der Waals surface area contributed by atoms with E-state index >= 15 is 0 Å². The third-order valence-electron chi connectivity index (χ3n) is 2.42. The van der Waals surface area contributed by atoms with Gasteiger partial charge in [-0.15, -0.1) is 0 Å². The molecule has 3 N–H and O–H groups in total. The van der Waals surface area contributed by atoms with Crippen LogP contribution < -0.4 is 0 Å². The Kier molecular flexibility index (Phi) is 8.35. The summed E-state index contributed by atoms with van der Waals surface area (Å²) in [6.07, 6.45) is -2.79. The number of hydrogen-bond donors (Lipinski definition) is 3. The molecule has 1 rings (SSSR count). The van der Waals surface area contributed by atoms with Gasteiger partial charge in [0, 0.05) is 5.56 Å². The van der Waals surface area contributed by atoms with E-state index in [4.69, 9.17) is 9.66 Å². The van der Waals surface area contributed by atoms with Crippen LogP contribution in [0.4, 0.5) is 0 Å². The second-order valence-electron chi connectivity index (χ2n) is 4.25. The van der Waals surface area contributed by atoms with Gasteiger partial charge in [0.15, 0.2) is 6.29 Å². The van der Waals surface area contributed by atoms with E-state index in [1.165, 1.54) is 26.0 Å². The predicted molar refractivity (Wildman–Crippen MR) is 78.3 cm³/mol. The van der Waals surface area contributed by atoms with Gasteiger partial charge in [-0.25, -0.2) is 9.59 Å². The van der Waals surface area contributed by atoms with Crippen LogP contribution in [0, 0.1) is 0 Å². The summed E-state index contributed by atoms with van der Waals surface area (Å²) in [6.45, 7) is 2.40. The van der Waals surface area contributed by atoms with Crippen molar-refractivity contribution < 1.29 is 41.7 Å². The molecule has 23 heavy (non-hydrogen) atoms. The van der Waals surface area contributed by atoms with E-state index in [-0.39, 0.29) is 40.7 Å². The number of ether oxygens (including phenoxy) is 1. The summed E-state index contributed by atoms with van der Waals surface area (Å²) >= 11 is 0. The average Bonchev–Trinajstić information content (AvgIpc) is 2.34. The number of benzene rings is 1. The zero-order valence-electron chi connectivity index (χ0n) is 11.6. The van der Waals surface area contributed by atoms with Gasteiger partial charge >= 0.3 is 51.9 Å². The topological polar surface area (TPSA) is 147 Å². The van der Waals surface area contributed by atoms with E-state index in [0.29, 0.717) is 0 Å².